The summed E-state index contributed by atoms with van der Waals surface area (Å²) in [5.74, 6) is -1.71. The molecule has 3 amide bonds. The number of rotatable bonds is 5. The second kappa shape index (κ2) is 8.95. The Bertz CT molecular complexity index is 1100. The van der Waals surface area contributed by atoms with Crippen LogP contribution in [0.25, 0.3) is 0 Å². The summed E-state index contributed by atoms with van der Waals surface area (Å²) < 4.78 is 27.3. The van der Waals surface area contributed by atoms with Crippen LogP contribution in [0.1, 0.15) is 11.1 Å². The first-order valence-electron chi connectivity index (χ1n) is 9.97. The molecule has 5 nitrogen and oxygen atoms in total. The summed E-state index contributed by atoms with van der Waals surface area (Å²) in [6.07, 6.45) is 0.998. The zero-order valence-corrected chi connectivity index (χ0v) is 16.6. The summed E-state index contributed by atoms with van der Waals surface area (Å²) in [7, 11) is 0. The maximum atomic E-state index is 13.9. The molecule has 0 radical (unpaired) electrons. The Labute approximate surface area is 178 Å². The number of fused-ring (bicyclic) bond motifs is 1. The van der Waals surface area contributed by atoms with E-state index in [2.05, 4.69) is 10.6 Å². The molecular formula is C24H21F2N3O2. The fourth-order valence-electron chi connectivity index (χ4n) is 3.72. The van der Waals surface area contributed by atoms with E-state index in [1.54, 1.807) is 4.90 Å². The minimum atomic E-state index is -0.884. The third-order valence-corrected chi connectivity index (χ3v) is 5.22. The third-order valence-electron chi connectivity index (χ3n) is 5.22. The first-order valence-corrected chi connectivity index (χ1v) is 9.97. The van der Waals surface area contributed by atoms with Crippen molar-refractivity contribution in [3.05, 3.63) is 95.6 Å². The lowest BCUT2D eigenvalue weighted by Gasteiger charge is -2.25. The van der Waals surface area contributed by atoms with Gasteiger partial charge in [-0.05, 0) is 35.7 Å². The van der Waals surface area contributed by atoms with Crippen LogP contribution in [0.15, 0.2) is 72.8 Å². The quantitative estimate of drug-likeness (QED) is 0.646. The van der Waals surface area contributed by atoms with Gasteiger partial charge in [-0.1, -0.05) is 48.5 Å². The average Bonchev–Trinajstić information content (AvgIpc) is 3.20. The first-order chi connectivity index (χ1) is 15.0. The molecule has 4 rings (SSSR count). The van der Waals surface area contributed by atoms with Crippen molar-refractivity contribution in [2.24, 2.45) is 0 Å². The molecule has 0 unspecified atom stereocenters. The van der Waals surface area contributed by atoms with Crippen molar-refractivity contribution in [3.63, 3.8) is 0 Å². The van der Waals surface area contributed by atoms with Gasteiger partial charge in [0.15, 0.2) is 0 Å². The lowest BCUT2D eigenvalue weighted by molar-refractivity contribution is -0.120. The molecule has 0 fully saturated rings. The minimum absolute atomic E-state index is 0.260. The number of carbonyl (C=O) groups excluding carboxylic acids is 2. The Hall–Kier alpha value is -3.74. The largest absolute Gasteiger partial charge is 0.326 e. The van der Waals surface area contributed by atoms with Crippen molar-refractivity contribution in [3.8, 4) is 0 Å². The van der Waals surface area contributed by atoms with Gasteiger partial charge < -0.3 is 15.5 Å². The van der Waals surface area contributed by atoms with E-state index >= 15 is 0 Å². The van der Waals surface area contributed by atoms with Crippen molar-refractivity contribution in [2.45, 2.75) is 18.9 Å². The van der Waals surface area contributed by atoms with Crippen molar-refractivity contribution >= 4 is 23.3 Å². The summed E-state index contributed by atoms with van der Waals surface area (Å²) in [6.45, 7) is 0.519. The fourth-order valence-corrected chi connectivity index (χ4v) is 3.72. The SMILES string of the molecule is O=C(Nc1cc(F)ccc1F)N[C@H](Cc1ccccc1)C(=O)N1CCc2ccccc21. The second-order valence-electron chi connectivity index (χ2n) is 7.33. The number of para-hydroxylation sites is 1. The highest BCUT2D eigenvalue weighted by molar-refractivity contribution is 6.02. The van der Waals surface area contributed by atoms with Crippen LogP contribution in [0.4, 0.5) is 25.0 Å². The van der Waals surface area contributed by atoms with Crippen LogP contribution >= 0.6 is 0 Å². The van der Waals surface area contributed by atoms with E-state index in [1.807, 2.05) is 54.6 Å². The highest BCUT2D eigenvalue weighted by atomic mass is 19.1. The molecule has 1 aliphatic rings. The number of halogens is 2. The van der Waals surface area contributed by atoms with Gasteiger partial charge >= 0.3 is 6.03 Å². The van der Waals surface area contributed by atoms with E-state index in [1.165, 1.54) is 0 Å². The van der Waals surface area contributed by atoms with E-state index in [0.717, 1.165) is 41.4 Å². The molecule has 0 aromatic heterocycles. The predicted molar refractivity (Wildman–Crippen MR) is 115 cm³/mol. The molecule has 7 heteroatoms. The smallest absolute Gasteiger partial charge is 0.319 e. The number of nitrogens with zero attached hydrogens (tertiary/aromatic N) is 1. The third kappa shape index (κ3) is 4.71. The number of urea groups is 1. The summed E-state index contributed by atoms with van der Waals surface area (Å²) in [6, 6.07) is 18.0. The molecule has 0 saturated heterocycles. The van der Waals surface area contributed by atoms with Crippen LogP contribution in [-0.4, -0.2) is 24.5 Å². The van der Waals surface area contributed by atoms with Gasteiger partial charge in [0.1, 0.15) is 17.7 Å². The Morgan fingerprint density at radius 2 is 1.71 bits per heavy atom. The standard InChI is InChI=1S/C24H21F2N3O2/c25-18-10-11-19(26)20(15-18)27-24(31)28-21(14-16-6-2-1-3-7-16)23(30)29-13-12-17-8-4-5-9-22(17)29/h1-11,15,21H,12-14H2,(H2,27,28,31)/t21-/m1/s1. The second-order valence-corrected chi connectivity index (χ2v) is 7.33. The Kier molecular flexibility index (Phi) is 5.93. The molecule has 1 heterocycles. The highest BCUT2D eigenvalue weighted by Crippen LogP contribution is 2.28. The zero-order valence-electron chi connectivity index (χ0n) is 16.6. The zero-order chi connectivity index (χ0) is 21.8. The fraction of sp³-hybridized carbons (Fsp3) is 0.167. The van der Waals surface area contributed by atoms with Crippen molar-refractivity contribution in [2.75, 3.05) is 16.8 Å². The molecule has 31 heavy (non-hydrogen) atoms. The molecular weight excluding hydrogens is 400 g/mol. The van der Waals surface area contributed by atoms with E-state index in [0.29, 0.717) is 6.54 Å². The molecule has 1 aliphatic heterocycles. The number of amides is 3. The summed E-state index contributed by atoms with van der Waals surface area (Å²) in [5, 5.41) is 4.93. The van der Waals surface area contributed by atoms with E-state index in [9.17, 15) is 18.4 Å². The Balaban J connectivity index is 1.55. The van der Waals surface area contributed by atoms with Gasteiger partial charge in [-0.2, -0.15) is 0 Å². The van der Waals surface area contributed by atoms with Crippen molar-refractivity contribution in [1.82, 2.24) is 5.32 Å². The van der Waals surface area contributed by atoms with E-state index in [4.69, 9.17) is 0 Å². The van der Waals surface area contributed by atoms with Gasteiger partial charge in [-0.3, -0.25) is 4.79 Å². The average molecular weight is 421 g/mol. The van der Waals surface area contributed by atoms with Crippen molar-refractivity contribution < 1.29 is 18.4 Å². The number of benzene rings is 3. The molecule has 0 spiro atoms. The summed E-state index contributed by atoms with van der Waals surface area (Å²) >= 11 is 0. The van der Waals surface area contributed by atoms with E-state index < -0.39 is 23.7 Å². The number of nitrogens with one attached hydrogen (secondary N) is 2. The van der Waals surface area contributed by atoms with Crippen LogP contribution in [-0.2, 0) is 17.6 Å². The normalized spacial score (nSPS) is 13.4. The van der Waals surface area contributed by atoms with Gasteiger partial charge in [-0.15, -0.1) is 0 Å². The van der Waals surface area contributed by atoms with Crippen LogP contribution in [0.3, 0.4) is 0 Å². The molecule has 2 N–H and O–H groups in total. The topological polar surface area (TPSA) is 61.4 Å². The molecule has 0 bridgehead atoms. The first kappa shape index (κ1) is 20.5. The molecule has 158 valence electrons. The molecule has 3 aromatic rings. The summed E-state index contributed by atoms with van der Waals surface area (Å²) in [5.41, 5.74) is 2.46. The molecule has 0 aliphatic carbocycles. The minimum Gasteiger partial charge on any atom is -0.326 e. The number of hydrogen-bond donors (Lipinski definition) is 2. The van der Waals surface area contributed by atoms with Crippen LogP contribution in [0.5, 0.6) is 0 Å². The van der Waals surface area contributed by atoms with Crippen LogP contribution in [0.2, 0.25) is 0 Å². The predicted octanol–water partition coefficient (Wildman–Crippen LogP) is 4.29. The highest BCUT2D eigenvalue weighted by Gasteiger charge is 2.31. The Morgan fingerprint density at radius 3 is 2.52 bits per heavy atom. The maximum Gasteiger partial charge on any atom is 0.319 e. The van der Waals surface area contributed by atoms with Crippen LogP contribution < -0.4 is 15.5 Å². The number of carbonyl (C=O) groups is 2. The monoisotopic (exact) mass is 421 g/mol. The van der Waals surface area contributed by atoms with Crippen molar-refractivity contribution in [1.29, 1.82) is 0 Å². The summed E-state index contributed by atoms with van der Waals surface area (Å²) in [4.78, 5) is 27.6. The maximum absolute atomic E-state index is 13.9. The molecule has 0 saturated carbocycles. The molecule has 3 aromatic carbocycles. The molecule has 1 atom stereocenters. The van der Waals surface area contributed by atoms with Gasteiger partial charge in [-0.25, -0.2) is 13.6 Å². The number of hydrogen-bond acceptors (Lipinski definition) is 2. The van der Waals surface area contributed by atoms with Gasteiger partial charge in [0.2, 0.25) is 5.91 Å². The van der Waals surface area contributed by atoms with Gasteiger partial charge in [0.05, 0.1) is 5.69 Å². The lowest BCUT2D eigenvalue weighted by Crippen LogP contribution is -2.50. The Morgan fingerprint density at radius 1 is 0.968 bits per heavy atom. The van der Waals surface area contributed by atoms with E-state index in [-0.39, 0.29) is 18.0 Å². The number of anilines is 2. The van der Waals surface area contributed by atoms with Crippen LogP contribution in [0, 0.1) is 11.6 Å². The van der Waals surface area contributed by atoms with Gasteiger partial charge in [0.25, 0.3) is 0 Å². The lowest BCUT2D eigenvalue weighted by atomic mass is 10.0. The van der Waals surface area contributed by atoms with Gasteiger partial charge in [0, 0.05) is 24.7 Å².